The summed E-state index contributed by atoms with van der Waals surface area (Å²) in [6.07, 6.45) is 3.55. The second kappa shape index (κ2) is 7.62. The van der Waals surface area contributed by atoms with Gasteiger partial charge in [-0.3, -0.25) is 9.59 Å². The Morgan fingerprint density at radius 3 is 1.83 bits per heavy atom. The first-order valence-electron chi connectivity index (χ1n) is 12.4. The highest BCUT2D eigenvalue weighted by Crippen LogP contribution is 2.60. The van der Waals surface area contributed by atoms with E-state index in [1.165, 1.54) is 0 Å². The van der Waals surface area contributed by atoms with Gasteiger partial charge in [-0.05, 0) is 35.2 Å². The van der Waals surface area contributed by atoms with Crippen molar-refractivity contribution in [3.63, 3.8) is 0 Å². The molecule has 4 aromatic rings. The van der Waals surface area contributed by atoms with Gasteiger partial charge in [-0.2, -0.15) is 10.1 Å². The summed E-state index contributed by atoms with van der Waals surface area (Å²) in [6, 6.07) is 24.6. The summed E-state index contributed by atoms with van der Waals surface area (Å²) in [6.45, 7) is 6.59. The van der Waals surface area contributed by atoms with Gasteiger partial charge in [0.05, 0.1) is 18.1 Å². The fourth-order valence-electron chi connectivity index (χ4n) is 6.88. The molecule has 3 aromatic carbocycles. The molecule has 1 aliphatic heterocycles. The van der Waals surface area contributed by atoms with Gasteiger partial charge in [0.25, 0.3) is 11.8 Å². The maximum absolute atomic E-state index is 13.8. The summed E-state index contributed by atoms with van der Waals surface area (Å²) in [7, 11) is 0. The molecule has 2 bridgehead atoms. The van der Waals surface area contributed by atoms with Crippen molar-refractivity contribution in [3.8, 4) is 0 Å². The van der Waals surface area contributed by atoms with Crippen LogP contribution in [0.25, 0.3) is 10.9 Å². The Morgan fingerprint density at radius 2 is 1.31 bits per heavy atom. The highest BCUT2D eigenvalue weighted by atomic mass is 16.2. The molecule has 2 atom stereocenters. The van der Waals surface area contributed by atoms with Crippen LogP contribution in [0.4, 0.5) is 0 Å². The molecule has 1 fully saturated rings. The topological polar surface area (TPSA) is 54.7 Å². The number of hydrogen-bond acceptors (Lipinski definition) is 3. The average Bonchev–Trinajstić information content (AvgIpc) is 3.33. The van der Waals surface area contributed by atoms with Gasteiger partial charge in [-0.1, -0.05) is 72.8 Å². The molecule has 0 saturated carbocycles. The number of carbonyl (C=O) groups is 2. The fraction of sp³-hybridized carbons (Fsp3) is 0.194. The lowest BCUT2D eigenvalue weighted by Crippen LogP contribution is -2.41. The van der Waals surface area contributed by atoms with Crippen molar-refractivity contribution >= 4 is 28.9 Å². The van der Waals surface area contributed by atoms with Crippen molar-refractivity contribution in [1.29, 1.82) is 0 Å². The van der Waals surface area contributed by atoms with Crippen LogP contribution < -0.4 is 0 Å². The number of imide groups is 1. The number of nitrogens with zero attached hydrogens (tertiary/aromatic N) is 3. The van der Waals surface area contributed by atoms with E-state index >= 15 is 0 Å². The van der Waals surface area contributed by atoms with Crippen molar-refractivity contribution in [2.24, 2.45) is 16.9 Å². The number of hydrogen-bond donors (Lipinski definition) is 0. The first-order chi connectivity index (χ1) is 17.6. The van der Waals surface area contributed by atoms with Crippen molar-refractivity contribution in [3.05, 3.63) is 119 Å². The van der Waals surface area contributed by atoms with Crippen LogP contribution in [0.3, 0.4) is 0 Å². The zero-order valence-electron chi connectivity index (χ0n) is 20.0. The van der Waals surface area contributed by atoms with Crippen LogP contribution in [-0.4, -0.2) is 27.6 Å². The molecule has 0 spiro atoms. The third-order valence-corrected chi connectivity index (χ3v) is 8.32. The number of aromatic nitrogens is 1. The van der Waals surface area contributed by atoms with Gasteiger partial charge >= 0.3 is 0 Å². The fourth-order valence-corrected chi connectivity index (χ4v) is 6.88. The van der Waals surface area contributed by atoms with Gasteiger partial charge in [0.15, 0.2) is 0 Å². The standard InChI is InChI=1S/C31H25N3O2/c1-3-16-33-18(2)24(19-10-8-9-15-25(19)33)17-32-34-30(35)28-26-20-11-4-5-12-21(20)27(29(28)31(34)36)23-14-7-6-13-22(23)26/h3-15,17,26-29H,1,16H2,2H3/b32-17+. The molecule has 0 N–H and O–H groups in total. The molecule has 0 radical (unpaired) electrons. The third-order valence-electron chi connectivity index (χ3n) is 8.32. The first kappa shape index (κ1) is 21.1. The molecular weight excluding hydrogens is 446 g/mol. The predicted molar refractivity (Wildman–Crippen MR) is 140 cm³/mol. The van der Waals surface area contributed by atoms with Crippen LogP contribution >= 0.6 is 0 Å². The molecule has 176 valence electrons. The molecule has 2 unspecified atom stereocenters. The Kier molecular flexibility index (Phi) is 4.46. The monoisotopic (exact) mass is 471 g/mol. The van der Waals surface area contributed by atoms with Gasteiger partial charge in [-0.25, -0.2) is 0 Å². The lowest BCUT2D eigenvalue weighted by atomic mass is 9.55. The highest BCUT2D eigenvalue weighted by molar-refractivity contribution is 6.09. The molecule has 1 saturated heterocycles. The molecule has 5 heteroatoms. The summed E-state index contributed by atoms with van der Waals surface area (Å²) in [5.41, 5.74) is 7.67. The largest absolute Gasteiger partial charge is 0.340 e. The van der Waals surface area contributed by atoms with Gasteiger partial charge in [0, 0.05) is 40.5 Å². The number of hydrazone groups is 1. The van der Waals surface area contributed by atoms with Gasteiger partial charge < -0.3 is 4.57 Å². The van der Waals surface area contributed by atoms with E-state index in [-0.39, 0.29) is 23.7 Å². The second-order valence-electron chi connectivity index (χ2n) is 9.91. The van der Waals surface area contributed by atoms with E-state index in [2.05, 4.69) is 46.6 Å². The average molecular weight is 472 g/mol. The van der Waals surface area contributed by atoms with Gasteiger partial charge in [0.1, 0.15) is 0 Å². The van der Waals surface area contributed by atoms with Gasteiger partial charge in [0.2, 0.25) is 0 Å². The summed E-state index contributed by atoms with van der Waals surface area (Å²) in [5, 5.41) is 6.74. The SMILES string of the molecule is C=CCn1c(C)c(/C=N/N2C(=O)C3C4c5ccccc5C(c5ccccc54)C3C2=O)c2ccccc21. The Balaban J connectivity index is 1.33. The molecule has 2 heterocycles. The molecule has 2 amide bonds. The van der Waals surface area contributed by atoms with Crippen LogP contribution in [0.2, 0.25) is 0 Å². The molecular formula is C31H25N3O2. The Hall–Kier alpha value is -4.25. The number of rotatable bonds is 4. The van der Waals surface area contributed by atoms with Crippen molar-refractivity contribution < 1.29 is 9.59 Å². The lowest BCUT2D eigenvalue weighted by Gasteiger charge is -2.45. The minimum Gasteiger partial charge on any atom is -0.340 e. The first-order valence-corrected chi connectivity index (χ1v) is 12.4. The number of carbonyl (C=O) groups excluding carboxylic acids is 2. The number of amides is 2. The van der Waals surface area contributed by atoms with E-state index in [4.69, 9.17) is 0 Å². The minimum absolute atomic E-state index is 0.125. The quantitative estimate of drug-likeness (QED) is 0.229. The zero-order valence-corrected chi connectivity index (χ0v) is 20.0. The number of benzene rings is 3. The molecule has 36 heavy (non-hydrogen) atoms. The normalized spacial score (nSPS) is 23.9. The van der Waals surface area contributed by atoms with E-state index in [1.807, 2.05) is 55.5 Å². The molecule has 4 aliphatic rings. The van der Waals surface area contributed by atoms with Crippen LogP contribution in [0.5, 0.6) is 0 Å². The lowest BCUT2D eigenvalue weighted by molar-refractivity contribution is -0.139. The van der Waals surface area contributed by atoms with Gasteiger partial charge in [-0.15, -0.1) is 6.58 Å². The van der Waals surface area contributed by atoms with Crippen molar-refractivity contribution in [2.75, 3.05) is 0 Å². The third kappa shape index (κ3) is 2.63. The van der Waals surface area contributed by atoms with Crippen LogP contribution in [-0.2, 0) is 16.1 Å². The Morgan fingerprint density at radius 1 is 0.806 bits per heavy atom. The van der Waals surface area contributed by atoms with Crippen molar-refractivity contribution in [2.45, 2.75) is 25.3 Å². The summed E-state index contributed by atoms with van der Waals surface area (Å²) >= 11 is 0. The molecule has 1 aromatic heterocycles. The Bertz CT molecular complexity index is 1510. The number of allylic oxidation sites excluding steroid dienone is 1. The molecule has 8 rings (SSSR count). The summed E-state index contributed by atoms with van der Waals surface area (Å²) in [5.74, 6) is -1.50. The maximum Gasteiger partial charge on any atom is 0.254 e. The van der Waals surface area contributed by atoms with E-state index < -0.39 is 11.8 Å². The van der Waals surface area contributed by atoms with Crippen LogP contribution in [0.1, 0.15) is 45.3 Å². The number of fused-ring (bicyclic) bond motifs is 1. The second-order valence-corrected chi connectivity index (χ2v) is 9.91. The predicted octanol–water partition coefficient (Wildman–Crippen LogP) is 5.36. The number of para-hydroxylation sites is 1. The van der Waals surface area contributed by atoms with Crippen LogP contribution in [0, 0.1) is 18.8 Å². The van der Waals surface area contributed by atoms with E-state index in [9.17, 15) is 9.59 Å². The molecule has 3 aliphatic carbocycles. The maximum atomic E-state index is 13.8. The molecule has 5 nitrogen and oxygen atoms in total. The highest BCUT2D eigenvalue weighted by Gasteiger charge is 2.61. The van der Waals surface area contributed by atoms with Crippen molar-refractivity contribution in [1.82, 2.24) is 9.58 Å². The smallest absolute Gasteiger partial charge is 0.254 e. The van der Waals surface area contributed by atoms with Crippen LogP contribution in [0.15, 0.2) is 90.6 Å². The van der Waals surface area contributed by atoms with E-state index in [1.54, 1.807) is 6.21 Å². The van der Waals surface area contributed by atoms with E-state index in [0.29, 0.717) is 6.54 Å². The van der Waals surface area contributed by atoms with E-state index in [0.717, 1.165) is 49.4 Å². The Labute approximate surface area is 209 Å². The summed E-state index contributed by atoms with van der Waals surface area (Å²) < 4.78 is 2.17. The zero-order chi connectivity index (χ0) is 24.6. The minimum atomic E-state index is -0.423. The summed E-state index contributed by atoms with van der Waals surface area (Å²) in [4.78, 5) is 27.6.